The lowest BCUT2D eigenvalue weighted by atomic mass is 9.43. The van der Waals surface area contributed by atoms with E-state index in [4.69, 9.17) is 0 Å². The Labute approximate surface area is 225 Å². The normalized spacial score (nSPS) is 41.9. The van der Waals surface area contributed by atoms with Crippen molar-refractivity contribution in [1.82, 2.24) is 4.98 Å². The van der Waals surface area contributed by atoms with Crippen LogP contribution in [0.25, 0.3) is 11.1 Å². The Bertz CT molecular complexity index is 1270. The summed E-state index contributed by atoms with van der Waals surface area (Å²) in [7, 11) is 0. The SMILES string of the molecule is C[C@@H]1C[C@@H]2[C@H]([C@@H](c3ccc(-c4cccnc4)cc3)C[C@@]3(C)[C@H]2CC[C@@]3(O)C#CCO)[C@H]2CCC(=O)C[C@]12O. The molecule has 0 amide bonds. The van der Waals surface area contributed by atoms with Gasteiger partial charge in [0, 0.05) is 30.7 Å². The molecule has 38 heavy (non-hydrogen) atoms. The zero-order chi connectivity index (χ0) is 26.7. The van der Waals surface area contributed by atoms with E-state index in [0.29, 0.717) is 24.7 Å². The number of aliphatic hydroxyl groups is 3. The van der Waals surface area contributed by atoms with E-state index in [-0.39, 0.29) is 42.5 Å². The number of fused-ring (bicyclic) bond motifs is 5. The van der Waals surface area contributed by atoms with Crippen LogP contribution in [0.2, 0.25) is 0 Å². The van der Waals surface area contributed by atoms with Crippen LogP contribution in [0.3, 0.4) is 0 Å². The molecule has 6 rings (SSSR count). The van der Waals surface area contributed by atoms with Crippen molar-refractivity contribution in [3.63, 3.8) is 0 Å². The first-order valence-corrected chi connectivity index (χ1v) is 14.3. The summed E-state index contributed by atoms with van der Waals surface area (Å²) in [5.41, 5.74) is 0.904. The molecule has 3 N–H and O–H groups in total. The van der Waals surface area contributed by atoms with Crippen LogP contribution in [0.15, 0.2) is 48.8 Å². The lowest BCUT2D eigenvalue weighted by Crippen LogP contribution is -2.62. The Kier molecular flexibility index (Phi) is 6.30. The molecule has 200 valence electrons. The highest BCUT2D eigenvalue weighted by Gasteiger charge is 2.67. The minimum absolute atomic E-state index is 0.0335. The number of Topliss-reactive ketones (excluding diaryl/α,β-unsaturated/α-hetero) is 1. The maximum atomic E-state index is 12.5. The van der Waals surface area contributed by atoms with Gasteiger partial charge < -0.3 is 15.3 Å². The van der Waals surface area contributed by atoms with Gasteiger partial charge in [0.25, 0.3) is 0 Å². The molecule has 5 nitrogen and oxygen atoms in total. The van der Waals surface area contributed by atoms with Crippen LogP contribution in [0.1, 0.15) is 70.3 Å². The monoisotopic (exact) mass is 513 g/mol. The second kappa shape index (κ2) is 9.30. The molecular weight excluding hydrogens is 474 g/mol. The molecule has 5 heteroatoms. The van der Waals surface area contributed by atoms with Gasteiger partial charge in [0.15, 0.2) is 0 Å². The van der Waals surface area contributed by atoms with Crippen molar-refractivity contribution in [3.8, 4) is 23.0 Å². The molecule has 0 aliphatic heterocycles. The summed E-state index contributed by atoms with van der Waals surface area (Å²) in [5.74, 6) is 7.17. The van der Waals surface area contributed by atoms with Gasteiger partial charge in [-0.2, -0.15) is 0 Å². The van der Waals surface area contributed by atoms with E-state index >= 15 is 0 Å². The van der Waals surface area contributed by atoms with E-state index in [1.807, 2.05) is 12.3 Å². The maximum Gasteiger partial charge on any atom is 0.135 e. The van der Waals surface area contributed by atoms with Crippen molar-refractivity contribution in [2.75, 3.05) is 6.61 Å². The Balaban J connectivity index is 1.45. The number of carbonyl (C=O) groups excluding carboxylic acids is 1. The summed E-state index contributed by atoms with van der Waals surface area (Å²) in [6.45, 7) is 4.08. The van der Waals surface area contributed by atoms with E-state index in [0.717, 1.165) is 36.8 Å². The zero-order valence-electron chi connectivity index (χ0n) is 22.4. The van der Waals surface area contributed by atoms with Crippen LogP contribution < -0.4 is 0 Å². The summed E-state index contributed by atoms with van der Waals surface area (Å²) in [4.78, 5) is 16.8. The predicted octanol–water partition coefficient (Wildman–Crippen LogP) is 4.75. The molecule has 1 aromatic carbocycles. The minimum Gasteiger partial charge on any atom is -0.389 e. The van der Waals surface area contributed by atoms with Gasteiger partial charge >= 0.3 is 0 Å². The zero-order valence-corrected chi connectivity index (χ0v) is 22.4. The van der Waals surface area contributed by atoms with E-state index in [9.17, 15) is 20.1 Å². The lowest BCUT2D eigenvalue weighted by molar-refractivity contribution is -0.194. The fourth-order valence-corrected chi connectivity index (χ4v) is 9.31. The van der Waals surface area contributed by atoms with Gasteiger partial charge in [0.1, 0.15) is 18.0 Å². The van der Waals surface area contributed by atoms with Gasteiger partial charge in [-0.05, 0) is 90.4 Å². The molecule has 2 aromatic rings. The highest BCUT2D eigenvalue weighted by molar-refractivity contribution is 5.80. The van der Waals surface area contributed by atoms with Gasteiger partial charge in [0.2, 0.25) is 0 Å². The first-order chi connectivity index (χ1) is 18.2. The largest absolute Gasteiger partial charge is 0.389 e. The van der Waals surface area contributed by atoms with Gasteiger partial charge in [-0.15, -0.1) is 0 Å². The number of nitrogens with zero attached hydrogens (tertiary/aromatic N) is 1. The number of benzene rings is 1. The summed E-state index contributed by atoms with van der Waals surface area (Å²) >= 11 is 0. The second-order valence-corrected chi connectivity index (χ2v) is 12.8. The number of carbonyl (C=O) groups is 1. The molecule has 0 unspecified atom stereocenters. The maximum absolute atomic E-state index is 12.5. The molecule has 0 spiro atoms. The topological polar surface area (TPSA) is 90.7 Å². The molecule has 4 aliphatic carbocycles. The smallest absolute Gasteiger partial charge is 0.135 e. The van der Waals surface area contributed by atoms with Crippen LogP contribution >= 0.6 is 0 Å². The third-order valence-electron chi connectivity index (χ3n) is 11.2. The van der Waals surface area contributed by atoms with E-state index in [2.05, 4.69) is 61.0 Å². The number of pyridine rings is 1. The van der Waals surface area contributed by atoms with Crippen LogP contribution in [0.5, 0.6) is 0 Å². The standard InChI is InChI=1S/C33H39NO4/c1-21-17-26-28-12-14-32(37,13-4-16-35)31(28,2)19-27(30(26)29-11-10-25(36)18-33(21,29)38)23-8-6-22(7-9-23)24-5-3-15-34-20-24/h3,5-9,15,20-21,26-30,35,37-38H,10-12,14,16-19H2,1-2H3/t21-,26+,27-,28+,29-,30-,31+,32+,33+/m1/s1. The van der Waals surface area contributed by atoms with Crippen molar-refractivity contribution in [2.24, 2.45) is 35.0 Å². The first-order valence-electron chi connectivity index (χ1n) is 14.3. The van der Waals surface area contributed by atoms with Crippen molar-refractivity contribution in [2.45, 2.75) is 75.9 Å². The van der Waals surface area contributed by atoms with E-state index in [1.165, 1.54) is 5.56 Å². The highest BCUT2D eigenvalue weighted by Crippen LogP contribution is 2.69. The Hall–Kier alpha value is -2.52. The fourth-order valence-electron chi connectivity index (χ4n) is 9.31. The minimum atomic E-state index is -1.14. The molecule has 1 aromatic heterocycles. The molecule has 0 saturated heterocycles. The van der Waals surface area contributed by atoms with Crippen LogP contribution in [-0.2, 0) is 4.79 Å². The lowest BCUT2D eigenvalue weighted by Gasteiger charge is -2.63. The third-order valence-corrected chi connectivity index (χ3v) is 11.2. The van der Waals surface area contributed by atoms with Gasteiger partial charge in [-0.1, -0.05) is 56.0 Å². The average molecular weight is 514 g/mol. The Morgan fingerprint density at radius 2 is 1.87 bits per heavy atom. The number of aliphatic hydroxyl groups excluding tert-OH is 1. The first kappa shape index (κ1) is 25.7. The van der Waals surface area contributed by atoms with Crippen LogP contribution in [-0.4, -0.2) is 43.9 Å². The molecule has 0 bridgehead atoms. The van der Waals surface area contributed by atoms with Gasteiger partial charge in [0.05, 0.1) is 5.60 Å². The Morgan fingerprint density at radius 3 is 2.58 bits per heavy atom. The van der Waals surface area contributed by atoms with Gasteiger partial charge in [-0.25, -0.2) is 0 Å². The summed E-state index contributed by atoms with van der Waals surface area (Å²) < 4.78 is 0. The Morgan fingerprint density at radius 1 is 1.08 bits per heavy atom. The van der Waals surface area contributed by atoms with E-state index in [1.54, 1.807) is 6.20 Å². The quantitative estimate of drug-likeness (QED) is 0.504. The summed E-state index contributed by atoms with van der Waals surface area (Å²) in [5, 5.41) is 33.4. The number of aromatic nitrogens is 1. The molecule has 4 fully saturated rings. The van der Waals surface area contributed by atoms with Crippen molar-refractivity contribution in [3.05, 3.63) is 54.4 Å². The molecule has 0 radical (unpaired) electrons. The van der Waals surface area contributed by atoms with Crippen molar-refractivity contribution >= 4 is 5.78 Å². The molecule has 1 heterocycles. The average Bonchev–Trinajstić information content (AvgIpc) is 3.18. The molecule has 9 atom stereocenters. The van der Waals surface area contributed by atoms with E-state index < -0.39 is 16.6 Å². The van der Waals surface area contributed by atoms with Crippen LogP contribution in [0.4, 0.5) is 0 Å². The number of rotatable bonds is 2. The van der Waals surface area contributed by atoms with Crippen molar-refractivity contribution in [1.29, 1.82) is 0 Å². The predicted molar refractivity (Wildman–Crippen MR) is 146 cm³/mol. The fraction of sp³-hybridized carbons (Fsp3) is 0.576. The second-order valence-electron chi connectivity index (χ2n) is 12.8. The summed E-state index contributed by atoms with van der Waals surface area (Å²) in [6, 6.07) is 12.7. The number of hydrogen-bond acceptors (Lipinski definition) is 5. The number of ketones is 1. The number of hydrogen-bond donors (Lipinski definition) is 3. The van der Waals surface area contributed by atoms with Crippen LogP contribution in [0, 0.1) is 46.8 Å². The highest BCUT2D eigenvalue weighted by atomic mass is 16.3. The molecule has 4 aliphatic rings. The third kappa shape index (κ3) is 3.79. The molecule has 4 saturated carbocycles. The van der Waals surface area contributed by atoms with Crippen molar-refractivity contribution < 1.29 is 20.1 Å². The summed E-state index contributed by atoms with van der Waals surface area (Å²) in [6.07, 6.45) is 8.35. The molecular formula is C33H39NO4. The van der Waals surface area contributed by atoms with Gasteiger partial charge in [-0.3, -0.25) is 9.78 Å².